The minimum Gasteiger partial charge on any atom is -0.383 e. The van der Waals surface area contributed by atoms with Gasteiger partial charge in [-0.2, -0.15) is 0 Å². The second kappa shape index (κ2) is 6.95. The number of hydrogen-bond donors (Lipinski definition) is 2. The van der Waals surface area contributed by atoms with E-state index in [1.54, 1.807) is 24.4 Å². The molecule has 2 heterocycles. The normalized spacial score (nSPS) is 10.5. The molecule has 3 N–H and O–H groups in total. The molecule has 0 spiro atoms. The summed E-state index contributed by atoms with van der Waals surface area (Å²) < 4.78 is 15.1. The first-order valence-corrected chi connectivity index (χ1v) is 7.49. The van der Waals surface area contributed by atoms with Crippen LogP contribution in [0, 0.1) is 5.82 Å². The molecule has 0 aliphatic carbocycles. The van der Waals surface area contributed by atoms with Crippen molar-refractivity contribution in [2.24, 2.45) is 0 Å². The number of nitrogens with two attached hydrogens (primary N) is 1. The van der Waals surface area contributed by atoms with Crippen LogP contribution in [-0.2, 0) is 13.1 Å². The first kappa shape index (κ1) is 15.7. The Morgan fingerprint density at radius 1 is 1.21 bits per heavy atom. The van der Waals surface area contributed by atoms with Gasteiger partial charge < -0.3 is 15.6 Å². The minimum absolute atomic E-state index is 0.207. The van der Waals surface area contributed by atoms with Gasteiger partial charge in [0.05, 0.1) is 5.56 Å². The molecule has 0 unspecified atom stereocenters. The third-order valence-corrected chi connectivity index (χ3v) is 3.60. The standard InChI is InChI=1S/C18H17FN4O/c19-15-4-1-3-13(9-15)11-23-8-6-14(12-23)10-22-18(24)16-5-2-7-21-17(16)20/h1-9,12H,10-11H2,(H2,20,21)(H,22,24). The van der Waals surface area contributed by atoms with Crippen molar-refractivity contribution in [3.8, 4) is 0 Å². The van der Waals surface area contributed by atoms with Crippen molar-refractivity contribution in [1.29, 1.82) is 0 Å². The van der Waals surface area contributed by atoms with Crippen LogP contribution in [0.5, 0.6) is 0 Å². The summed E-state index contributed by atoms with van der Waals surface area (Å²) in [6.45, 7) is 0.949. The van der Waals surface area contributed by atoms with Gasteiger partial charge in [0.1, 0.15) is 11.6 Å². The lowest BCUT2D eigenvalue weighted by molar-refractivity contribution is 0.0951. The van der Waals surface area contributed by atoms with Crippen molar-refractivity contribution < 1.29 is 9.18 Å². The van der Waals surface area contributed by atoms with E-state index in [1.165, 1.54) is 12.1 Å². The number of carbonyl (C=O) groups excluding carboxylic acids is 1. The number of nitrogens with one attached hydrogen (secondary N) is 1. The monoisotopic (exact) mass is 324 g/mol. The van der Waals surface area contributed by atoms with E-state index in [0.29, 0.717) is 18.7 Å². The summed E-state index contributed by atoms with van der Waals surface area (Å²) in [5.41, 5.74) is 7.87. The zero-order valence-corrected chi connectivity index (χ0v) is 12.9. The van der Waals surface area contributed by atoms with Crippen LogP contribution in [0.4, 0.5) is 10.2 Å². The molecule has 1 amide bonds. The van der Waals surface area contributed by atoms with Crippen molar-refractivity contribution in [3.05, 3.63) is 83.6 Å². The van der Waals surface area contributed by atoms with E-state index in [4.69, 9.17) is 5.73 Å². The Bertz CT molecular complexity index is 859. The third-order valence-electron chi connectivity index (χ3n) is 3.60. The molecule has 24 heavy (non-hydrogen) atoms. The van der Waals surface area contributed by atoms with Crippen LogP contribution in [0.3, 0.4) is 0 Å². The maximum Gasteiger partial charge on any atom is 0.255 e. The predicted octanol–water partition coefficient (Wildman–Crippen LogP) is 2.58. The number of aromatic nitrogens is 2. The lowest BCUT2D eigenvalue weighted by Crippen LogP contribution is -2.23. The summed E-state index contributed by atoms with van der Waals surface area (Å²) in [5, 5.41) is 2.81. The fourth-order valence-electron chi connectivity index (χ4n) is 2.43. The fourth-order valence-corrected chi connectivity index (χ4v) is 2.43. The number of benzene rings is 1. The fraction of sp³-hybridized carbons (Fsp3) is 0.111. The second-order valence-corrected chi connectivity index (χ2v) is 5.44. The molecular formula is C18H17FN4O. The van der Waals surface area contributed by atoms with Crippen LogP contribution in [0.1, 0.15) is 21.5 Å². The van der Waals surface area contributed by atoms with E-state index < -0.39 is 0 Å². The molecule has 0 atom stereocenters. The minimum atomic E-state index is -0.265. The molecule has 0 saturated heterocycles. The molecule has 2 aromatic heterocycles. The zero-order chi connectivity index (χ0) is 16.9. The number of rotatable bonds is 5. The van der Waals surface area contributed by atoms with Crippen LogP contribution in [-0.4, -0.2) is 15.5 Å². The number of amides is 1. The lowest BCUT2D eigenvalue weighted by atomic mass is 10.2. The topological polar surface area (TPSA) is 72.9 Å². The molecule has 3 rings (SSSR count). The number of hydrogen-bond acceptors (Lipinski definition) is 3. The molecule has 0 aliphatic rings. The smallest absolute Gasteiger partial charge is 0.255 e. The Hall–Kier alpha value is -3.15. The van der Waals surface area contributed by atoms with Gasteiger partial charge in [0, 0.05) is 31.7 Å². The van der Waals surface area contributed by atoms with E-state index >= 15 is 0 Å². The third kappa shape index (κ3) is 3.78. The number of nitrogen functional groups attached to an aromatic ring is 1. The zero-order valence-electron chi connectivity index (χ0n) is 12.9. The highest BCUT2D eigenvalue weighted by Crippen LogP contribution is 2.10. The quantitative estimate of drug-likeness (QED) is 0.757. The van der Waals surface area contributed by atoms with E-state index in [9.17, 15) is 9.18 Å². The number of halogens is 1. The van der Waals surface area contributed by atoms with Crippen LogP contribution in [0.2, 0.25) is 0 Å². The molecule has 0 saturated carbocycles. The molecule has 0 fully saturated rings. The molecular weight excluding hydrogens is 307 g/mol. The second-order valence-electron chi connectivity index (χ2n) is 5.44. The van der Waals surface area contributed by atoms with E-state index in [1.807, 2.05) is 29.1 Å². The van der Waals surface area contributed by atoms with E-state index in [-0.39, 0.29) is 17.5 Å². The van der Waals surface area contributed by atoms with Gasteiger partial charge in [-0.1, -0.05) is 12.1 Å². The van der Waals surface area contributed by atoms with Gasteiger partial charge >= 0.3 is 0 Å². The summed E-state index contributed by atoms with van der Waals surface area (Å²) in [6, 6.07) is 11.7. The van der Waals surface area contributed by atoms with Crippen molar-refractivity contribution in [3.63, 3.8) is 0 Å². The van der Waals surface area contributed by atoms with Crippen molar-refractivity contribution in [1.82, 2.24) is 14.9 Å². The van der Waals surface area contributed by atoms with E-state index in [2.05, 4.69) is 10.3 Å². The maximum absolute atomic E-state index is 13.2. The highest BCUT2D eigenvalue weighted by atomic mass is 19.1. The van der Waals surface area contributed by atoms with E-state index in [0.717, 1.165) is 11.1 Å². The molecule has 3 aromatic rings. The van der Waals surface area contributed by atoms with Gasteiger partial charge in [0.2, 0.25) is 0 Å². The first-order chi connectivity index (χ1) is 11.6. The number of anilines is 1. The predicted molar refractivity (Wildman–Crippen MR) is 89.8 cm³/mol. The van der Waals surface area contributed by atoms with Gasteiger partial charge in [-0.3, -0.25) is 4.79 Å². The largest absolute Gasteiger partial charge is 0.383 e. The van der Waals surface area contributed by atoms with Crippen LogP contribution in [0.15, 0.2) is 61.1 Å². The molecule has 5 nitrogen and oxygen atoms in total. The van der Waals surface area contributed by atoms with Crippen LogP contribution >= 0.6 is 0 Å². The lowest BCUT2D eigenvalue weighted by Gasteiger charge is -2.06. The van der Waals surface area contributed by atoms with Crippen LogP contribution < -0.4 is 11.1 Å². The van der Waals surface area contributed by atoms with Crippen molar-refractivity contribution >= 4 is 11.7 Å². The summed E-state index contributed by atoms with van der Waals surface area (Å²) in [4.78, 5) is 16.0. The summed E-state index contributed by atoms with van der Waals surface area (Å²) in [6.07, 6.45) is 5.35. The Labute approximate surface area is 138 Å². The number of pyridine rings is 1. The molecule has 0 bridgehead atoms. The molecule has 1 aromatic carbocycles. The molecule has 6 heteroatoms. The Kier molecular flexibility index (Phi) is 4.56. The van der Waals surface area contributed by atoms with Crippen molar-refractivity contribution in [2.75, 3.05) is 5.73 Å². The number of nitrogens with zero attached hydrogens (tertiary/aromatic N) is 2. The Morgan fingerprint density at radius 3 is 2.88 bits per heavy atom. The van der Waals surface area contributed by atoms with Gasteiger partial charge in [-0.25, -0.2) is 9.37 Å². The summed E-state index contributed by atoms with van der Waals surface area (Å²) in [5.74, 6) is -0.307. The summed E-state index contributed by atoms with van der Waals surface area (Å²) >= 11 is 0. The average Bonchev–Trinajstić information content (AvgIpc) is 3.00. The van der Waals surface area contributed by atoms with Gasteiger partial charge in [-0.15, -0.1) is 0 Å². The van der Waals surface area contributed by atoms with Gasteiger partial charge in [-0.05, 0) is 41.5 Å². The molecule has 0 aliphatic heterocycles. The Morgan fingerprint density at radius 2 is 2.08 bits per heavy atom. The van der Waals surface area contributed by atoms with Gasteiger partial charge in [0.25, 0.3) is 5.91 Å². The van der Waals surface area contributed by atoms with Gasteiger partial charge in [0.15, 0.2) is 0 Å². The SMILES string of the molecule is Nc1ncccc1C(=O)NCc1ccn(Cc2cccc(F)c2)c1. The number of carbonyl (C=O) groups is 1. The highest BCUT2D eigenvalue weighted by molar-refractivity contribution is 5.98. The van der Waals surface area contributed by atoms with Crippen molar-refractivity contribution in [2.45, 2.75) is 13.1 Å². The molecule has 122 valence electrons. The molecule has 0 radical (unpaired) electrons. The average molecular weight is 324 g/mol. The maximum atomic E-state index is 13.2. The van der Waals surface area contributed by atoms with Crippen LogP contribution in [0.25, 0.3) is 0 Å². The first-order valence-electron chi connectivity index (χ1n) is 7.49. The summed E-state index contributed by atoms with van der Waals surface area (Å²) in [7, 11) is 0. The Balaban J connectivity index is 1.60. The highest BCUT2D eigenvalue weighted by Gasteiger charge is 2.09.